The van der Waals surface area contributed by atoms with Crippen LogP contribution in [-0.4, -0.2) is 37.0 Å². The van der Waals surface area contributed by atoms with E-state index in [1.807, 2.05) is 0 Å². The van der Waals surface area contributed by atoms with Crippen molar-refractivity contribution in [1.29, 1.82) is 0 Å². The van der Waals surface area contributed by atoms with Gasteiger partial charge in [0, 0.05) is 23.3 Å². The van der Waals surface area contributed by atoms with E-state index in [9.17, 15) is 4.79 Å². The molecule has 1 saturated heterocycles. The summed E-state index contributed by atoms with van der Waals surface area (Å²) in [6, 6.07) is 4.41. The number of likely N-dealkylation sites (N-methyl/N-ethyl adjacent to an activating group) is 1. The van der Waals surface area contributed by atoms with Crippen LogP contribution < -0.4 is 11.1 Å². The second kappa shape index (κ2) is 5.82. The number of hydrogen-bond acceptors (Lipinski definition) is 4. The SMILES string of the molecule is CNC(=O)C1CCCN1C(CN)c1ccc(C)s1. The van der Waals surface area contributed by atoms with Gasteiger partial charge in [0.25, 0.3) is 0 Å². The Kier molecular flexibility index (Phi) is 4.37. The van der Waals surface area contributed by atoms with Gasteiger partial charge in [0.15, 0.2) is 0 Å². The topological polar surface area (TPSA) is 58.4 Å². The summed E-state index contributed by atoms with van der Waals surface area (Å²) in [4.78, 5) is 16.7. The molecule has 3 N–H and O–H groups in total. The van der Waals surface area contributed by atoms with Crippen molar-refractivity contribution in [2.75, 3.05) is 20.1 Å². The van der Waals surface area contributed by atoms with Gasteiger partial charge in [-0.05, 0) is 38.4 Å². The largest absolute Gasteiger partial charge is 0.358 e. The number of aryl methyl sites for hydroxylation is 1. The van der Waals surface area contributed by atoms with Gasteiger partial charge in [0.2, 0.25) is 5.91 Å². The molecule has 0 aromatic carbocycles. The maximum Gasteiger partial charge on any atom is 0.237 e. The first kappa shape index (κ1) is 13.5. The van der Waals surface area contributed by atoms with Gasteiger partial charge in [-0.2, -0.15) is 0 Å². The molecule has 2 heterocycles. The van der Waals surface area contributed by atoms with Crippen LogP contribution in [0, 0.1) is 6.92 Å². The third-order valence-electron chi connectivity index (χ3n) is 3.56. The molecule has 4 nitrogen and oxygen atoms in total. The predicted molar refractivity (Wildman–Crippen MR) is 74.6 cm³/mol. The standard InChI is InChI=1S/C13H21N3OS/c1-9-5-6-12(18-9)11(8-14)16-7-3-4-10(16)13(17)15-2/h5-6,10-11H,3-4,7-8,14H2,1-2H3,(H,15,17). The molecule has 1 fully saturated rings. The number of likely N-dealkylation sites (tertiary alicyclic amines) is 1. The third kappa shape index (κ3) is 2.58. The summed E-state index contributed by atoms with van der Waals surface area (Å²) in [6.07, 6.45) is 2.00. The number of carbonyl (C=O) groups is 1. The summed E-state index contributed by atoms with van der Waals surface area (Å²) in [5.41, 5.74) is 5.93. The number of nitrogens with two attached hydrogens (primary N) is 1. The Morgan fingerprint density at radius 2 is 2.44 bits per heavy atom. The van der Waals surface area contributed by atoms with E-state index in [0.717, 1.165) is 19.4 Å². The van der Waals surface area contributed by atoms with Crippen molar-refractivity contribution in [3.8, 4) is 0 Å². The molecular weight excluding hydrogens is 246 g/mol. The van der Waals surface area contributed by atoms with E-state index >= 15 is 0 Å². The molecule has 1 aromatic heterocycles. The van der Waals surface area contributed by atoms with E-state index in [-0.39, 0.29) is 18.0 Å². The molecule has 1 aromatic rings. The Bertz CT molecular complexity index is 418. The summed E-state index contributed by atoms with van der Waals surface area (Å²) >= 11 is 1.78. The lowest BCUT2D eigenvalue weighted by molar-refractivity contribution is -0.125. The quantitative estimate of drug-likeness (QED) is 0.863. The van der Waals surface area contributed by atoms with Gasteiger partial charge >= 0.3 is 0 Å². The fourth-order valence-corrected chi connectivity index (χ4v) is 3.67. The second-order valence-corrected chi connectivity index (χ2v) is 6.03. The Balaban J connectivity index is 2.19. The van der Waals surface area contributed by atoms with E-state index in [2.05, 4.69) is 29.3 Å². The summed E-state index contributed by atoms with van der Waals surface area (Å²) < 4.78 is 0. The van der Waals surface area contributed by atoms with Crippen LogP contribution in [0.2, 0.25) is 0 Å². The van der Waals surface area contributed by atoms with E-state index in [0.29, 0.717) is 6.54 Å². The predicted octanol–water partition coefficient (Wildman–Crippen LogP) is 1.27. The number of rotatable bonds is 4. The lowest BCUT2D eigenvalue weighted by Crippen LogP contribution is -2.45. The fourth-order valence-electron chi connectivity index (χ4n) is 2.66. The van der Waals surface area contributed by atoms with Crippen LogP contribution in [0.4, 0.5) is 0 Å². The molecule has 2 atom stereocenters. The average Bonchev–Trinajstić information content (AvgIpc) is 2.99. The molecule has 0 saturated carbocycles. The lowest BCUT2D eigenvalue weighted by Gasteiger charge is -2.30. The fraction of sp³-hybridized carbons (Fsp3) is 0.615. The van der Waals surface area contributed by atoms with Gasteiger partial charge in [0.05, 0.1) is 12.1 Å². The number of thiophene rings is 1. The molecule has 1 aliphatic heterocycles. The summed E-state index contributed by atoms with van der Waals surface area (Å²) in [5, 5.41) is 2.75. The summed E-state index contributed by atoms with van der Waals surface area (Å²) in [5.74, 6) is 0.110. The smallest absolute Gasteiger partial charge is 0.237 e. The minimum Gasteiger partial charge on any atom is -0.358 e. The summed E-state index contributed by atoms with van der Waals surface area (Å²) in [6.45, 7) is 3.62. The minimum atomic E-state index is -0.0223. The zero-order chi connectivity index (χ0) is 13.1. The number of hydrogen-bond donors (Lipinski definition) is 2. The number of amides is 1. The molecule has 18 heavy (non-hydrogen) atoms. The third-order valence-corrected chi connectivity index (χ3v) is 4.66. The second-order valence-electron chi connectivity index (χ2n) is 4.71. The zero-order valence-corrected chi connectivity index (χ0v) is 11.8. The van der Waals surface area contributed by atoms with Crippen LogP contribution in [0.15, 0.2) is 12.1 Å². The van der Waals surface area contributed by atoms with Crippen molar-refractivity contribution in [3.63, 3.8) is 0 Å². The van der Waals surface area contributed by atoms with Crippen molar-refractivity contribution >= 4 is 17.2 Å². The van der Waals surface area contributed by atoms with Gasteiger partial charge in [-0.3, -0.25) is 9.69 Å². The van der Waals surface area contributed by atoms with Gasteiger partial charge in [0.1, 0.15) is 0 Å². The first-order chi connectivity index (χ1) is 8.67. The minimum absolute atomic E-state index is 0.0223. The summed E-state index contributed by atoms with van der Waals surface area (Å²) in [7, 11) is 1.70. The Morgan fingerprint density at radius 3 is 3.00 bits per heavy atom. The Hall–Kier alpha value is -0.910. The first-order valence-electron chi connectivity index (χ1n) is 6.41. The highest BCUT2D eigenvalue weighted by Gasteiger charge is 2.35. The van der Waals surface area contributed by atoms with Crippen molar-refractivity contribution < 1.29 is 4.79 Å². The maximum absolute atomic E-state index is 11.9. The number of nitrogens with one attached hydrogen (secondary N) is 1. The van der Waals surface area contributed by atoms with Crippen LogP contribution in [0.3, 0.4) is 0 Å². The monoisotopic (exact) mass is 267 g/mol. The van der Waals surface area contributed by atoms with Crippen molar-refractivity contribution in [1.82, 2.24) is 10.2 Å². The number of carbonyl (C=O) groups excluding carboxylic acids is 1. The molecule has 0 bridgehead atoms. The first-order valence-corrected chi connectivity index (χ1v) is 7.22. The van der Waals surface area contributed by atoms with Gasteiger partial charge in [-0.1, -0.05) is 0 Å². The van der Waals surface area contributed by atoms with E-state index in [1.165, 1.54) is 9.75 Å². The van der Waals surface area contributed by atoms with Crippen LogP contribution in [0.25, 0.3) is 0 Å². The number of nitrogens with zero attached hydrogens (tertiary/aromatic N) is 1. The molecule has 5 heteroatoms. The average molecular weight is 267 g/mol. The van der Waals surface area contributed by atoms with Gasteiger partial charge < -0.3 is 11.1 Å². The Labute approximate surface area is 112 Å². The molecule has 100 valence electrons. The molecule has 1 amide bonds. The van der Waals surface area contributed by atoms with E-state index < -0.39 is 0 Å². The highest BCUT2D eigenvalue weighted by molar-refractivity contribution is 7.12. The molecular formula is C13H21N3OS. The highest BCUT2D eigenvalue weighted by Crippen LogP contribution is 2.32. The van der Waals surface area contributed by atoms with Crippen molar-refractivity contribution in [2.24, 2.45) is 5.73 Å². The Morgan fingerprint density at radius 1 is 1.67 bits per heavy atom. The normalized spacial score (nSPS) is 22.1. The van der Waals surface area contributed by atoms with Gasteiger partial charge in [-0.25, -0.2) is 0 Å². The van der Waals surface area contributed by atoms with Crippen molar-refractivity contribution in [3.05, 3.63) is 21.9 Å². The molecule has 2 unspecified atom stereocenters. The van der Waals surface area contributed by atoms with Crippen LogP contribution in [0.5, 0.6) is 0 Å². The van der Waals surface area contributed by atoms with E-state index in [4.69, 9.17) is 5.73 Å². The lowest BCUT2D eigenvalue weighted by atomic mass is 10.1. The molecule has 1 aliphatic rings. The van der Waals surface area contributed by atoms with Gasteiger partial charge in [-0.15, -0.1) is 11.3 Å². The van der Waals surface area contributed by atoms with Crippen molar-refractivity contribution in [2.45, 2.75) is 31.8 Å². The molecule has 0 aliphatic carbocycles. The van der Waals surface area contributed by atoms with Crippen LogP contribution in [0.1, 0.15) is 28.6 Å². The zero-order valence-electron chi connectivity index (χ0n) is 11.0. The maximum atomic E-state index is 11.9. The molecule has 0 spiro atoms. The molecule has 0 radical (unpaired) electrons. The molecule has 2 rings (SSSR count). The van der Waals surface area contributed by atoms with Crippen LogP contribution in [-0.2, 0) is 4.79 Å². The van der Waals surface area contributed by atoms with Crippen LogP contribution >= 0.6 is 11.3 Å². The highest BCUT2D eigenvalue weighted by atomic mass is 32.1. The van der Waals surface area contributed by atoms with E-state index in [1.54, 1.807) is 18.4 Å².